The van der Waals surface area contributed by atoms with E-state index >= 15 is 0 Å². The third-order valence-corrected chi connectivity index (χ3v) is 5.07. The molecule has 1 atom stereocenters. The Labute approximate surface area is 114 Å². The van der Waals surface area contributed by atoms with Crippen LogP contribution in [0.3, 0.4) is 0 Å². The van der Waals surface area contributed by atoms with Crippen LogP contribution in [0.25, 0.3) is 0 Å². The fraction of sp³-hybridized carbons (Fsp3) is 0.538. The van der Waals surface area contributed by atoms with Gasteiger partial charge in [0.05, 0.1) is 11.5 Å². The van der Waals surface area contributed by atoms with Crippen molar-refractivity contribution >= 4 is 10.0 Å². The standard InChI is InChI=1S/C13H21NO4S/c1-4-11(2)14(9-10-18-3)19(16,17)13-7-5-12(15)6-8-13/h5-8,11,15H,4,9-10H2,1-3H3. The van der Waals surface area contributed by atoms with E-state index in [-0.39, 0.29) is 16.7 Å². The van der Waals surface area contributed by atoms with Crippen molar-refractivity contribution in [1.82, 2.24) is 4.31 Å². The average molecular weight is 287 g/mol. The number of hydrogen-bond donors (Lipinski definition) is 1. The summed E-state index contributed by atoms with van der Waals surface area (Å²) in [5.41, 5.74) is 0. The highest BCUT2D eigenvalue weighted by atomic mass is 32.2. The lowest BCUT2D eigenvalue weighted by molar-refractivity contribution is 0.167. The number of methoxy groups -OCH3 is 1. The zero-order valence-corrected chi connectivity index (χ0v) is 12.4. The Hall–Kier alpha value is -1.11. The number of hydrogen-bond acceptors (Lipinski definition) is 4. The normalized spacial score (nSPS) is 13.7. The van der Waals surface area contributed by atoms with Gasteiger partial charge in [-0.3, -0.25) is 0 Å². The van der Waals surface area contributed by atoms with E-state index in [0.717, 1.165) is 6.42 Å². The van der Waals surface area contributed by atoms with Crippen molar-refractivity contribution in [2.45, 2.75) is 31.2 Å². The topological polar surface area (TPSA) is 66.8 Å². The lowest BCUT2D eigenvalue weighted by Gasteiger charge is -2.27. The Balaban J connectivity index is 3.07. The molecular weight excluding hydrogens is 266 g/mol. The summed E-state index contributed by atoms with van der Waals surface area (Å²) >= 11 is 0. The van der Waals surface area contributed by atoms with E-state index in [9.17, 15) is 13.5 Å². The second kappa shape index (κ2) is 6.88. The summed E-state index contributed by atoms with van der Waals surface area (Å²) in [5.74, 6) is 0.0472. The molecule has 6 heteroatoms. The minimum absolute atomic E-state index is 0.0472. The zero-order valence-electron chi connectivity index (χ0n) is 11.5. The largest absolute Gasteiger partial charge is 0.508 e. The van der Waals surface area contributed by atoms with Crippen molar-refractivity contribution in [3.8, 4) is 5.75 Å². The summed E-state index contributed by atoms with van der Waals surface area (Å²) in [5, 5.41) is 9.23. The molecule has 1 N–H and O–H groups in total. The molecule has 0 amide bonds. The Kier molecular flexibility index (Phi) is 5.78. The molecule has 0 bridgehead atoms. The number of phenolic OH excluding ortho intramolecular Hbond substituents is 1. The van der Waals surface area contributed by atoms with Gasteiger partial charge in [-0.2, -0.15) is 4.31 Å². The van der Waals surface area contributed by atoms with Crippen LogP contribution in [0.2, 0.25) is 0 Å². The molecule has 0 aromatic heterocycles. The molecule has 0 aliphatic heterocycles. The molecule has 0 spiro atoms. The number of aromatic hydroxyl groups is 1. The van der Waals surface area contributed by atoms with Gasteiger partial charge in [-0.05, 0) is 37.6 Å². The summed E-state index contributed by atoms with van der Waals surface area (Å²) in [6, 6.07) is 5.46. The molecule has 0 heterocycles. The van der Waals surface area contributed by atoms with Crippen molar-refractivity contribution in [3.63, 3.8) is 0 Å². The molecule has 1 rings (SSSR count). The van der Waals surface area contributed by atoms with Gasteiger partial charge in [0.2, 0.25) is 10.0 Å². The third-order valence-electron chi connectivity index (χ3n) is 3.04. The van der Waals surface area contributed by atoms with Crippen LogP contribution < -0.4 is 0 Å². The highest BCUT2D eigenvalue weighted by molar-refractivity contribution is 7.89. The smallest absolute Gasteiger partial charge is 0.243 e. The first-order chi connectivity index (χ1) is 8.93. The molecule has 0 aliphatic rings. The Bertz CT molecular complexity index is 484. The minimum Gasteiger partial charge on any atom is -0.508 e. The predicted molar refractivity (Wildman–Crippen MR) is 73.6 cm³/mol. The van der Waals surface area contributed by atoms with Gasteiger partial charge in [0.1, 0.15) is 5.75 Å². The van der Waals surface area contributed by atoms with Gasteiger partial charge in [0, 0.05) is 19.7 Å². The van der Waals surface area contributed by atoms with Gasteiger partial charge in [0.25, 0.3) is 0 Å². The van der Waals surface area contributed by atoms with Gasteiger partial charge >= 0.3 is 0 Å². The van der Waals surface area contributed by atoms with E-state index in [1.807, 2.05) is 13.8 Å². The van der Waals surface area contributed by atoms with Crippen LogP contribution in [-0.2, 0) is 14.8 Å². The second-order valence-electron chi connectivity index (χ2n) is 4.36. The van der Waals surface area contributed by atoms with Gasteiger partial charge in [-0.25, -0.2) is 8.42 Å². The van der Waals surface area contributed by atoms with E-state index < -0.39 is 10.0 Å². The molecule has 1 aromatic rings. The fourth-order valence-electron chi connectivity index (χ4n) is 1.72. The number of phenols is 1. The lowest BCUT2D eigenvalue weighted by Crippen LogP contribution is -2.40. The van der Waals surface area contributed by atoms with Crippen LogP contribution in [0.4, 0.5) is 0 Å². The number of rotatable bonds is 7. The molecule has 19 heavy (non-hydrogen) atoms. The van der Waals surface area contributed by atoms with Crippen LogP contribution in [0.15, 0.2) is 29.2 Å². The van der Waals surface area contributed by atoms with Crippen LogP contribution in [-0.4, -0.2) is 44.1 Å². The molecular formula is C13H21NO4S. The number of sulfonamides is 1. The maximum atomic E-state index is 12.5. The zero-order chi connectivity index (χ0) is 14.5. The molecule has 1 aromatic carbocycles. The Morgan fingerprint density at radius 3 is 2.37 bits per heavy atom. The van der Waals surface area contributed by atoms with E-state index in [2.05, 4.69) is 0 Å². The second-order valence-corrected chi connectivity index (χ2v) is 6.25. The molecule has 5 nitrogen and oxygen atoms in total. The number of nitrogens with zero attached hydrogens (tertiary/aromatic N) is 1. The molecule has 0 radical (unpaired) electrons. The molecule has 0 saturated carbocycles. The van der Waals surface area contributed by atoms with Crippen molar-refractivity contribution in [2.75, 3.05) is 20.3 Å². The number of benzene rings is 1. The highest BCUT2D eigenvalue weighted by Gasteiger charge is 2.27. The van der Waals surface area contributed by atoms with Gasteiger partial charge in [-0.15, -0.1) is 0 Å². The highest BCUT2D eigenvalue weighted by Crippen LogP contribution is 2.21. The monoisotopic (exact) mass is 287 g/mol. The third kappa shape index (κ3) is 3.92. The van der Waals surface area contributed by atoms with Crippen LogP contribution in [0.1, 0.15) is 20.3 Å². The summed E-state index contributed by atoms with van der Waals surface area (Å²) in [4.78, 5) is 0.182. The van der Waals surface area contributed by atoms with Gasteiger partial charge in [0.15, 0.2) is 0 Å². The van der Waals surface area contributed by atoms with Crippen LogP contribution >= 0.6 is 0 Å². The first kappa shape index (κ1) is 15.9. The molecule has 0 aliphatic carbocycles. The molecule has 108 valence electrons. The van der Waals surface area contributed by atoms with Crippen LogP contribution in [0.5, 0.6) is 5.75 Å². The quantitative estimate of drug-likeness (QED) is 0.831. The molecule has 1 unspecified atom stereocenters. The average Bonchev–Trinajstić information content (AvgIpc) is 2.39. The van der Waals surface area contributed by atoms with E-state index in [1.165, 1.54) is 28.6 Å². The summed E-state index contributed by atoms with van der Waals surface area (Å²) in [6.07, 6.45) is 0.723. The Morgan fingerprint density at radius 2 is 1.89 bits per heavy atom. The van der Waals surface area contributed by atoms with Crippen molar-refractivity contribution in [2.24, 2.45) is 0 Å². The minimum atomic E-state index is -3.56. The fourth-order valence-corrected chi connectivity index (χ4v) is 3.40. The number of ether oxygens (including phenoxy) is 1. The molecule has 0 fully saturated rings. The first-order valence-electron chi connectivity index (χ1n) is 6.23. The summed E-state index contributed by atoms with van der Waals surface area (Å²) < 4.78 is 31.5. The molecule has 0 saturated heterocycles. The Morgan fingerprint density at radius 1 is 1.32 bits per heavy atom. The van der Waals surface area contributed by atoms with Gasteiger partial charge < -0.3 is 9.84 Å². The van der Waals surface area contributed by atoms with E-state index in [4.69, 9.17) is 4.74 Å². The van der Waals surface area contributed by atoms with Crippen molar-refractivity contribution in [1.29, 1.82) is 0 Å². The van der Waals surface area contributed by atoms with Crippen LogP contribution in [0, 0.1) is 0 Å². The van der Waals surface area contributed by atoms with E-state index in [1.54, 1.807) is 7.11 Å². The van der Waals surface area contributed by atoms with E-state index in [0.29, 0.717) is 13.2 Å². The van der Waals surface area contributed by atoms with Crippen molar-refractivity contribution < 1.29 is 18.3 Å². The van der Waals surface area contributed by atoms with Gasteiger partial charge in [-0.1, -0.05) is 6.92 Å². The summed E-state index contributed by atoms with van der Waals surface area (Å²) in [7, 11) is -2.02. The maximum Gasteiger partial charge on any atom is 0.243 e. The predicted octanol–water partition coefficient (Wildman–Crippen LogP) is 1.83. The lowest BCUT2D eigenvalue weighted by atomic mass is 10.3. The van der Waals surface area contributed by atoms with Crippen molar-refractivity contribution in [3.05, 3.63) is 24.3 Å². The first-order valence-corrected chi connectivity index (χ1v) is 7.67. The SMILES string of the molecule is CCC(C)N(CCOC)S(=O)(=O)c1ccc(O)cc1. The maximum absolute atomic E-state index is 12.5. The summed E-state index contributed by atoms with van der Waals surface area (Å²) in [6.45, 7) is 4.47.